The zero-order chi connectivity index (χ0) is 9.42. The van der Waals surface area contributed by atoms with Crippen LogP contribution in [0.4, 0.5) is 11.4 Å². The Bertz CT molecular complexity index is 376. The molecule has 1 aromatic carbocycles. The molecule has 0 spiro atoms. The molecule has 1 aliphatic heterocycles. The van der Waals surface area contributed by atoms with Gasteiger partial charge in [0.25, 0.3) is 5.69 Å². The fourth-order valence-corrected chi connectivity index (χ4v) is 1.53. The van der Waals surface area contributed by atoms with Gasteiger partial charge in [0.05, 0.1) is 4.92 Å². The van der Waals surface area contributed by atoms with Crippen LogP contribution in [0.15, 0.2) is 12.1 Å². The predicted octanol–water partition coefficient (Wildman–Crippen LogP) is 1.71. The van der Waals surface area contributed by atoms with Crippen molar-refractivity contribution >= 4 is 11.4 Å². The maximum Gasteiger partial charge on any atom is 0.292 e. The Kier molecular flexibility index (Phi) is 1.58. The van der Waals surface area contributed by atoms with E-state index in [9.17, 15) is 15.2 Å². The average molecular weight is 179 g/mol. The number of nitro benzene ring substituents is 1. The molecular formula is C8H7N2O3. The summed E-state index contributed by atoms with van der Waals surface area (Å²) < 4.78 is 0. The summed E-state index contributed by atoms with van der Waals surface area (Å²) in [7, 11) is 0. The highest BCUT2D eigenvalue weighted by atomic mass is 16.6. The zero-order valence-electron chi connectivity index (χ0n) is 6.74. The Morgan fingerprint density at radius 2 is 2.23 bits per heavy atom. The highest BCUT2D eigenvalue weighted by Crippen LogP contribution is 2.38. The Hall–Kier alpha value is -1.78. The molecule has 1 heterocycles. The predicted molar refractivity (Wildman–Crippen MR) is 45.4 cm³/mol. The quantitative estimate of drug-likeness (QED) is 0.526. The van der Waals surface area contributed by atoms with Crippen LogP contribution in [0.2, 0.25) is 0 Å². The Morgan fingerprint density at radius 3 is 2.92 bits per heavy atom. The standard InChI is InChI=1S/C8H7N2O3/c11-7-2-1-6(10(12)13)8-5(7)3-4-9-8/h1-2,9H,3-4H2. The van der Waals surface area contributed by atoms with Crippen LogP contribution in [0.5, 0.6) is 5.75 Å². The lowest BCUT2D eigenvalue weighted by molar-refractivity contribution is -0.384. The van der Waals surface area contributed by atoms with E-state index in [1.807, 2.05) is 0 Å². The van der Waals surface area contributed by atoms with E-state index in [0.29, 0.717) is 24.2 Å². The van der Waals surface area contributed by atoms with Gasteiger partial charge in [0.15, 0.2) is 5.75 Å². The third kappa shape index (κ3) is 1.09. The second kappa shape index (κ2) is 2.62. The SMILES string of the molecule is [O]c1ccc([N+](=O)[O-])c2c1CCN2. The van der Waals surface area contributed by atoms with Gasteiger partial charge in [0, 0.05) is 18.2 Å². The average Bonchev–Trinajstić information content (AvgIpc) is 2.53. The van der Waals surface area contributed by atoms with Crippen LogP contribution in [-0.2, 0) is 11.5 Å². The van der Waals surface area contributed by atoms with Gasteiger partial charge in [-0.2, -0.15) is 0 Å². The van der Waals surface area contributed by atoms with Crippen molar-refractivity contribution in [2.45, 2.75) is 6.42 Å². The number of anilines is 1. The third-order valence-electron chi connectivity index (χ3n) is 2.12. The van der Waals surface area contributed by atoms with E-state index in [1.165, 1.54) is 12.1 Å². The number of benzene rings is 1. The molecule has 0 saturated carbocycles. The molecule has 0 amide bonds. The van der Waals surface area contributed by atoms with Crippen LogP contribution in [-0.4, -0.2) is 11.5 Å². The van der Waals surface area contributed by atoms with Gasteiger partial charge >= 0.3 is 0 Å². The van der Waals surface area contributed by atoms with Gasteiger partial charge in [0.1, 0.15) is 5.69 Å². The minimum atomic E-state index is -0.476. The molecule has 1 aromatic rings. The third-order valence-corrected chi connectivity index (χ3v) is 2.12. The summed E-state index contributed by atoms with van der Waals surface area (Å²) >= 11 is 0. The number of rotatable bonds is 1. The van der Waals surface area contributed by atoms with E-state index in [-0.39, 0.29) is 11.4 Å². The van der Waals surface area contributed by atoms with Crippen LogP contribution in [0, 0.1) is 10.1 Å². The number of hydrogen-bond donors (Lipinski definition) is 1. The summed E-state index contributed by atoms with van der Waals surface area (Å²) in [6.07, 6.45) is 0.579. The van der Waals surface area contributed by atoms with Crippen molar-refractivity contribution in [3.8, 4) is 5.75 Å². The van der Waals surface area contributed by atoms with Gasteiger partial charge in [0.2, 0.25) is 0 Å². The van der Waals surface area contributed by atoms with Crippen molar-refractivity contribution < 1.29 is 10.0 Å². The molecule has 0 aromatic heterocycles. The Balaban J connectivity index is 2.62. The van der Waals surface area contributed by atoms with Crippen molar-refractivity contribution in [3.05, 3.63) is 27.8 Å². The molecule has 0 aliphatic carbocycles. The van der Waals surface area contributed by atoms with Crippen LogP contribution >= 0.6 is 0 Å². The molecule has 5 heteroatoms. The Morgan fingerprint density at radius 1 is 1.46 bits per heavy atom. The summed E-state index contributed by atoms with van der Waals surface area (Å²) in [4.78, 5) is 10.1. The first-order chi connectivity index (χ1) is 6.20. The number of nitrogens with one attached hydrogen (secondary N) is 1. The molecule has 13 heavy (non-hydrogen) atoms. The van der Waals surface area contributed by atoms with Crippen LogP contribution in [0.1, 0.15) is 5.56 Å². The second-order valence-corrected chi connectivity index (χ2v) is 2.87. The first-order valence-corrected chi connectivity index (χ1v) is 3.91. The first kappa shape index (κ1) is 7.85. The van der Waals surface area contributed by atoms with E-state index >= 15 is 0 Å². The normalized spacial score (nSPS) is 13.5. The van der Waals surface area contributed by atoms with Gasteiger partial charge in [-0.25, -0.2) is 0 Å². The lowest BCUT2D eigenvalue weighted by Gasteiger charge is -2.00. The van der Waals surface area contributed by atoms with Gasteiger partial charge < -0.3 is 5.32 Å². The second-order valence-electron chi connectivity index (χ2n) is 2.87. The number of nitro groups is 1. The lowest BCUT2D eigenvalue weighted by atomic mass is 10.1. The van der Waals surface area contributed by atoms with Gasteiger partial charge in [-0.15, -0.1) is 0 Å². The fraction of sp³-hybridized carbons (Fsp3) is 0.250. The number of hydrogen-bond acceptors (Lipinski definition) is 3. The summed E-state index contributed by atoms with van der Waals surface area (Å²) in [6, 6.07) is 2.50. The fourth-order valence-electron chi connectivity index (χ4n) is 1.53. The molecule has 67 valence electrons. The largest absolute Gasteiger partial charge is 0.379 e. The van der Waals surface area contributed by atoms with E-state index in [0.717, 1.165) is 0 Å². The minimum absolute atomic E-state index is 0.00731. The van der Waals surface area contributed by atoms with Crippen molar-refractivity contribution in [2.24, 2.45) is 0 Å². The highest BCUT2D eigenvalue weighted by Gasteiger charge is 2.24. The van der Waals surface area contributed by atoms with Crippen LogP contribution in [0.3, 0.4) is 0 Å². The summed E-state index contributed by atoms with van der Waals surface area (Å²) in [5.41, 5.74) is 0.929. The van der Waals surface area contributed by atoms with Crippen molar-refractivity contribution in [2.75, 3.05) is 11.9 Å². The summed E-state index contributed by atoms with van der Waals surface area (Å²) in [5, 5.41) is 24.6. The molecular weight excluding hydrogens is 172 g/mol. The topological polar surface area (TPSA) is 75.1 Å². The van der Waals surface area contributed by atoms with Crippen LogP contribution < -0.4 is 5.32 Å². The first-order valence-electron chi connectivity index (χ1n) is 3.91. The summed E-state index contributed by atoms with van der Waals surface area (Å²) in [6.45, 7) is 0.607. The molecule has 0 unspecified atom stereocenters. The highest BCUT2D eigenvalue weighted by molar-refractivity contribution is 5.72. The molecule has 0 atom stereocenters. The molecule has 0 fully saturated rings. The monoisotopic (exact) mass is 179 g/mol. The van der Waals surface area contributed by atoms with Crippen molar-refractivity contribution in [1.29, 1.82) is 0 Å². The van der Waals surface area contributed by atoms with E-state index in [4.69, 9.17) is 0 Å². The van der Waals surface area contributed by atoms with E-state index in [2.05, 4.69) is 5.32 Å². The van der Waals surface area contributed by atoms with Gasteiger partial charge in [-0.1, -0.05) is 0 Å². The Labute approximate surface area is 74.2 Å². The van der Waals surface area contributed by atoms with Crippen LogP contribution in [0.25, 0.3) is 0 Å². The molecule has 5 nitrogen and oxygen atoms in total. The minimum Gasteiger partial charge on any atom is -0.379 e. The molecule has 0 saturated heterocycles. The van der Waals surface area contributed by atoms with Gasteiger partial charge in [-0.3, -0.25) is 15.2 Å². The maximum atomic E-state index is 11.2. The zero-order valence-corrected chi connectivity index (χ0v) is 6.74. The lowest BCUT2D eigenvalue weighted by Crippen LogP contribution is -1.96. The molecule has 0 bridgehead atoms. The molecule has 1 aliphatic rings. The maximum absolute atomic E-state index is 11.2. The van der Waals surface area contributed by atoms with E-state index < -0.39 is 4.92 Å². The van der Waals surface area contributed by atoms with Gasteiger partial charge in [-0.05, 0) is 12.5 Å². The number of nitrogens with zero attached hydrogens (tertiary/aromatic N) is 1. The smallest absolute Gasteiger partial charge is 0.292 e. The number of fused-ring (bicyclic) bond motifs is 1. The van der Waals surface area contributed by atoms with E-state index in [1.54, 1.807) is 0 Å². The molecule has 1 N–H and O–H groups in total. The summed E-state index contributed by atoms with van der Waals surface area (Å²) in [5.74, 6) is -0.120. The van der Waals surface area contributed by atoms with Crippen molar-refractivity contribution in [1.82, 2.24) is 0 Å². The molecule has 2 rings (SSSR count). The molecule has 1 radical (unpaired) electrons. The van der Waals surface area contributed by atoms with Crippen molar-refractivity contribution in [3.63, 3.8) is 0 Å².